The van der Waals surface area contributed by atoms with E-state index in [-0.39, 0.29) is 18.0 Å². The molecule has 0 N–H and O–H groups in total. The number of hydrogen-bond donors (Lipinski definition) is 0. The molecular formula is C31H26FN3O2S. The number of thiazole rings is 1. The molecule has 38 heavy (non-hydrogen) atoms. The number of ether oxygens (including phenoxy) is 1. The molecule has 0 saturated heterocycles. The second kappa shape index (κ2) is 9.26. The van der Waals surface area contributed by atoms with Crippen LogP contribution in [0.3, 0.4) is 0 Å². The summed E-state index contributed by atoms with van der Waals surface area (Å²) < 4.78 is 24.2. The van der Waals surface area contributed by atoms with Gasteiger partial charge in [-0.05, 0) is 99.0 Å². The monoisotopic (exact) mass is 523 g/mol. The highest BCUT2D eigenvalue weighted by Gasteiger charge is 2.14. The van der Waals surface area contributed by atoms with E-state index in [1.807, 2.05) is 56.3 Å². The number of benzene rings is 3. The Morgan fingerprint density at radius 2 is 1.71 bits per heavy atom. The molecule has 7 heteroatoms. The van der Waals surface area contributed by atoms with Crippen LogP contribution in [0.15, 0.2) is 71.5 Å². The van der Waals surface area contributed by atoms with Crippen LogP contribution < -0.4 is 14.8 Å². The lowest BCUT2D eigenvalue weighted by molar-refractivity contribution is 0.300. The molecule has 0 amide bonds. The maximum Gasteiger partial charge on any atom is 0.274 e. The van der Waals surface area contributed by atoms with Crippen LogP contribution in [0.25, 0.3) is 27.8 Å². The van der Waals surface area contributed by atoms with Gasteiger partial charge in [0.15, 0.2) is 4.96 Å². The molecule has 0 aliphatic rings. The number of imidazole rings is 1. The summed E-state index contributed by atoms with van der Waals surface area (Å²) in [6.45, 7) is 8.37. The van der Waals surface area contributed by atoms with Gasteiger partial charge in [0.25, 0.3) is 5.56 Å². The number of halogens is 1. The highest BCUT2D eigenvalue weighted by atomic mass is 32.1. The predicted molar refractivity (Wildman–Crippen MR) is 151 cm³/mol. The van der Waals surface area contributed by atoms with E-state index in [0.717, 1.165) is 39.2 Å². The molecule has 6 rings (SSSR count). The zero-order chi connectivity index (χ0) is 26.6. The van der Waals surface area contributed by atoms with Gasteiger partial charge >= 0.3 is 0 Å². The van der Waals surface area contributed by atoms with Crippen molar-refractivity contribution in [3.8, 4) is 11.4 Å². The Hall–Kier alpha value is -4.23. The summed E-state index contributed by atoms with van der Waals surface area (Å²) in [4.78, 5) is 18.8. The van der Waals surface area contributed by atoms with Gasteiger partial charge in [-0.15, -0.1) is 0 Å². The van der Waals surface area contributed by atoms with E-state index >= 15 is 0 Å². The van der Waals surface area contributed by atoms with Gasteiger partial charge in [-0.1, -0.05) is 29.5 Å². The Morgan fingerprint density at radius 3 is 2.47 bits per heavy atom. The second-order valence-electron chi connectivity index (χ2n) is 9.61. The predicted octanol–water partition coefficient (Wildman–Crippen LogP) is 6.20. The molecule has 5 nitrogen and oxygen atoms in total. The summed E-state index contributed by atoms with van der Waals surface area (Å²) in [7, 11) is 0. The van der Waals surface area contributed by atoms with Crippen molar-refractivity contribution in [1.82, 2.24) is 14.0 Å². The molecule has 6 aromatic rings. The third kappa shape index (κ3) is 4.09. The highest BCUT2D eigenvalue weighted by Crippen LogP contribution is 2.25. The SMILES string of the molecule is Cc1cc2nc3s/c(=C\c4cc(C)n(-c5ccc(OCc6ccccc6F)cc5)c4C)c(=O)n3c2cc1C. The lowest BCUT2D eigenvalue weighted by Crippen LogP contribution is -2.22. The lowest BCUT2D eigenvalue weighted by Gasteiger charge is -2.12. The molecule has 0 bridgehead atoms. The largest absolute Gasteiger partial charge is 0.489 e. The minimum Gasteiger partial charge on any atom is -0.489 e. The maximum atomic E-state index is 13.9. The number of fused-ring (bicyclic) bond motifs is 3. The molecule has 0 unspecified atom stereocenters. The van der Waals surface area contributed by atoms with E-state index in [1.165, 1.54) is 23.0 Å². The average molecular weight is 524 g/mol. The van der Waals surface area contributed by atoms with Crippen LogP contribution in [0.5, 0.6) is 5.75 Å². The van der Waals surface area contributed by atoms with Crippen LogP contribution in [-0.2, 0) is 6.61 Å². The molecule has 0 radical (unpaired) electrons. The van der Waals surface area contributed by atoms with Crippen LogP contribution in [0.1, 0.15) is 33.6 Å². The van der Waals surface area contributed by atoms with Gasteiger partial charge in [-0.2, -0.15) is 0 Å². The summed E-state index contributed by atoms with van der Waals surface area (Å²) in [5.41, 5.74) is 8.54. The van der Waals surface area contributed by atoms with Gasteiger partial charge in [-0.3, -0.25) is 4.79 Å². The fourth-order valence-corrected chi connectivity index (χ4v) is 5.84. The van der Waals surface area contributed by atoms with E-state index in [0.29, 0.717) is 20.8 Å². The molecule has 0 fully saturated rings. The number of rotatable bonds is 5. The van der Waals surface area contributed by atoms with Crippen LogP contribution in [0.4, 0.5) is 4.39 Å². The third-order valence-electron chi connectivity index (χ3n) is 7.06. The number of nitrogens with zero attached hydrogens (tertiary/aromatic N) is 3. The Labute approximate surface area is 223 Å². The van der Waals surface area contributed by atoms with E-state index < -0.39 is 0 Å². The van der Waals surface area contributed by atoms with Crippen LogP contribution in [-0.4, -0.2) is 14.0 Å². The van der Waals surface area contributed by atoms with Gasteiger partial charge < -0.3 is 9.30 Å². The van der Waals surface area contributed by atoms with Gasteiger partial charge in [0.2, 0.25) is 0 Å². The van der Waals surface area contributed by atoms with Crippen LogP contribution in [0, 0.1) is 33.5 Å². The zero-order valence-electron chi connectivity index (χ0n) is 21.6. The minimum atomic E-state index is -0.273. The molecule has 3 aromatic heterocycles. The number of hydrogen-bond acceptors (Lipinski definition) is 4. The minimum absolute atomic E-state index is 0.0445. The molecular weight excluding hydrogens is 497 g/mol. The first-order valence-corrected chi connectivity index (χ1v) is 13.2. The first-order valence-electron chi connectivity index (χ1n) is 12.4. The van der Waals surface area contributed by atoms with Crippen molar-refractivity contribution < 1.29 is 9.13 Å². The van der Waals surface area contributed by atoms with E-state index in [4.69, 9.17) is 9.72 Å². The number of aryl methyl sites for hydroxylation is 3. The van der Waals surface area contributed by atoms with Crippen LogP contribution >= 0.6 is 11.3 Å². The van der Waals surface area contributed by atoms with Gasteiger partial charge in [0.1, 0.15) is 18.2 Å². The molecule has 0 aliphatic carbocycles. The Morgan fingerprint density at radius 1 is 0.974 bits per heavy atom. The summed E-state index contributed by atoms with van der Waals surface area (Å²) in [6.07, 6.45) is 1.96. The van der Waals surface area contributed by atoms with E-state index in [9.17, 15) is 9.18 Å². The van der Waals surface area contributed by atoms with Crippen molar-refractivity contribution in [3.05, 3.63) is 121 Å². The summed E-state index contributed by atoms with van der Waals surface area (Å²) in [5, 5.41) is 0. The lowest BCUT2D eigenvalue weighted by atomic mass is 10.1. The zero-order valence-corrected chi connectivity index (χ0v) is 22.4. The van der Waals surface area contributed by atoms with Crippen molar-refractivity contribution in [2.24, 2.45) is 0 Å². The molecule has 0 atom stereocenters. The quantitative estimate of drug-likeness (QED) is 0.270. The standard InChI is InChI=1S/C31H26FN3O2S/c1-18-13-27-28(14-19(18)2)35-30(36)29(38-31(35)33-27)16-23-15-20(3)34(21(23)4)24-9-11-25(12-10-24)37-17-22-7-5-6-8-26(22)32/h5-16H,17H2,1-4H3/b29-16-. The average Bonchev–Trinajstić information content (AvgIpc) is 3.49. The van der Waals surface area contributed by atoms with Crippen molar-refractivity contribution in [1.29, 1.82) is 0 Å². The van der Waals surface area contributed by atoms with E-state index in [1.54, 1.807) is 22.6 Å². The van der Waals surface area contributed by atoms with Crippen molar-refractivity contribution in [2.45, 2.75) is 34.3 Å². The highest BCUT2D eigenvalue weighted by molar-refractivity contribution is 7.15. The summed E-state index contributed by atoms with van der Waals surface area (Å²) in [5.74, 6) is 0.395. The first-order chi connectivity index (χ1) is 18.3. The van der Waals surface area contributed by atoms with Crippen molar-refractivity contribution >= 4 is 33.4 Å². The molecule has 3 aromatic carbocycles. The second-order valence-corrected chi connectivity index (χ2v) is 10.6. The third-order valence-corrected chi connectivity index (χ3v) is 8.03. The smallest absolute Gasteiger partial charge is 0.274 e. The molecule has 0 aliphatic heterocycles. The molecule has 3 heterocycles. The normalized spacial score (nSPS) is 12.2. The maximum absolute atomic E-state index is 13.9. The topological polar surface area (TPSA) is 48.5 Å². The van der Waals surface area contributed by atoms with Gasteiger partial charge in [0.05, 0.1) is 15.6 Å². The van der Waals surface area contributed by atoms with Gasteiger partial charge in [0, 0.05) is 22.6 Å². The van der Waals surface area contributed by atoms with E-state index in [2.05, 4.69) is 24.5 Å². The molecule has 0 saturated carbocycles. The molecule has 190 valence electrons. The van der Waals surface area contributed by atoms with Crippen molar-refractivity contribution in [3.63, 3.8) is 0 Å². The summed E-state index contributed by atoms with van der Waals surface area (Å²) in [6, 6.07) is 20.5. The van der Waals surface area contributed by atoms with Crippen LogP contribution in [0.2, 0.25) is 0 Å². The Bertz CT molecular complexity index is 1950. The van der Waals surface area contributed by atoms with Crippen molar-refractivity contribution in [2.75, 3.05) is 0 Å². The van der Waals surface area contributed by atoms with Gasteiger partial charge in [-0.25, -0.2) is 13.8 Å². The number of aromatic nitrogens is 3. The summed E-state index contributed by atoms with van der Waals surface area (Å²) >= 11 is 1.41. The Balaban J connectivity index is 1.32. The molecule has 0 spiro atoms. The fraction of sp³-hybridized carbons (Fsp3) is 0.161. The Kier molecular flexibility index (Phi) is 5.88. The first kappa shape index (κ1) is 24.1. The fourth-order valence-electron chi connectivity index (χ4n) is 4.86.